The van der Waals surface area contributed by atoms with Crippen molar-refractivity contribution in [3.05, 3.63) is 52.5 Å². The third-order valence-corrected chi connectivity index (χ3v) is 3.92. The second kappa shape index (κ2) is 11.7. The van der Waals surface area contributed by atoms with Crippen molar-refractivity contribution in [2.45, 2.75) is 0 Å². The number of amides is 1. The van der Waals surface area contributed by atoms with E-state index in [1.54, 1.807) is 44.6 Å². The van der Waals surface area contributed by atoms with Gasteiger partial charge in [-0.3, -0.25) is 9.79 Å². The maximum Gasteiger partial charge on any atom is 0.251 e. The molecule has 0 aliphatic heterocycles. The molecule has 0 atom stereocenters. The van der Waals surface area contributed by atoms with E-state index in [2.05, 4.69) is 31.6 Å². The number of carbonyl (C=O) groups is 1. The van der Waals surface area contributed by atoms with Crippen LogP contribution in [0.4, 0.5) is 5.69 Å². The molecule has 0 spiro atoms. The summed E-state index contributed by atoms with van der Waals surface area (Å²) in [5.74, 6) is 1.30. The van der Waals surface area contributed by atoms with Gasteiger partial charge in [0.15, 0.2) is 17.5 Å². The Morgan fingerprint density at radius 3 is 2.56 bits per heavy atom. The van der Waals surface area contributed by atoms with Gasteiger partial charge in [0.2, 0.25) is 0 Å². The molecule has 27 heavy (non-hydrogen) atoms. The van der Waals surface area contributed by atoms with Crippen LogP contribution in [0.5, 0.6) is 11.5 Å². The van der Waals surface area contributed by atoms with E-state index in [0.29, 0.717) is 30.2 Å². The average molecular weight is 549 g/mol. The van der Waals surface area contributed by atoms with Gasteiger partial charge in [-0.05, 0) is 30.3 Å². The maximum absolute atomic E-state index is 12.0. The van der Waals surface area contributed by atoms with Gasteiger partial charge in [0.1, 0.15) is 0 Å². The summed E-state index contributed by atoms with van der Waals surface area (Å²) in [5, 5.41) is 5.76. The van der Waals surface area contributed by atoms with Gasteiger partial charge in [-0.15, -0.1) is 24.0 Å². The summed E-state index contributed by atoms with van der Waals surface area (Å²) >= 11 is 3.34. The molecule has 0 radical (unpaired) electrons. The Labute approximate surface area is 183 Å². The first-order valence-corrected chi connectivity index (χ1v) is 8.65. The number of carbonyl (C=O) groups excluding carboxylic acids is 1. The molecule has 0 heterocycles. The summed E-state index contributed by atoms with van der Waals surface area (Å²) in [7, 11) is 3.14. The van der Waals surface area contributed by atoms with Crippen LogP contribution in [-0.2, 0) is 0 Å². The molecule has 0 aromatic heterocycles. The van der Waals surface area contributed by atoms with E-state index in [1.165, 1.54) is 0 Å². The van der Waals surface area contributed by atoms with Crippen molar-refractivity contribution in [1.29, 1.82) is 0 Å². The van der Waals surface area contributed by atoms with Gasteiger partial charge >= 0.3 is 0 Å². The molecule has 1 amide bonds. The lowest BCUT2D eigenvalue weighted by atomic mass is 10.2. The standard InChI is InChI=1S/C18H21BrN4O3.HI/c1-25-15-7-6-14(11-16(15)26-2)23-18(20)22-9-8-21-17(24)12-4-3-5-13(19)10-12;/h3-7,10-11H,8-9H2,1-2H3,(H,21,24)(H3,20,22,23);1H. The molecular formula is C18H22BrIN4O3. The van der Waals surface area contributed by atoms with Crippen LogP contribution in [-0.4, -0.2) is 39.2 Å². The number of hydrogen-bond donors (Lipinski definition) is 3. The number of nitrogens with zero attached hydrogens (tertiary/aromatic N) is 1. The predicted octanol–water partition coefficient (Wildman–Crippen LogP) is 3.24. The lowest BCUT2D eigenvalue weighted by Gasteiger charge is -2.11. The van der Waals surface area contributed by atoms with Crippen LogP contribution >= 0.6 is 39.9 Å². The Kier molecular flexibility index (Phi) is 9.94. The van der Waals surface area contributed by atoms with E-state index in [-0.39, 0.29) is 35.8 Å². The highest BCUT2D eigenvalue weighted by Gasteiger charge is 2.06. The number of methoxy groups -OCH3 is 2. The first kappa shape index (κ1) is 23.0. The van der Waals surface area contributed by atoms with Gasteiger partial charge in [0, 0.05) is 28.3 Å². The molecule has 0 bridgehead atoms. The number of nitrogens with two attached hydrogens (primary N) is 1. The van der Waals surface area contributed by atoms with Crippen molar-refractivity contribution in [2.75, 3.05) is 32.6 Å². The summed E-state index contributed by atoms with van der Waals surface area (Å²) in [5.41, 5.74) is 7.17. The number of halogens is 2. The van der Waals surface area contributed by atoms with E-state index in [9.17, 15) is 4.79 Å². The molecule has 0 fully saturated rings. The fourth-order valence-electron chi connectivity index (χ4n) is 2.18. The van der Waals surface area contributed by atoms with Crippen LogP contribution in [0.25, 0.3) is 0 Å². The molecule has 2 aromatic rings. The van der Waals surface area contributed by atoms with Crippen molar-refractivity contribution in [3.8, 4) is 11.5 Å². The second-order valence-electron chi connectivity index (χ2n) is 5.23. The maximum atomic E-state index is 12.0. The summed E-state index contributed by atoms with van der Waals surface area (Å²) in [6, 6.07) is 12.5. The average Bonchev–Trinajstić information content (AvgIpc) is 2.64. The minimum absolute atomic E-state index is 0. The van der Waals surface area contributed by atoms with E-state index in [1.807, 2.05) is 12.1 Å². The third-order valence-electron chi connectivity index (χ3n) is 3.42. The quantitative estimate of drug-likeness (QED) is 0.213. The molecular weight excluding hydrogens is 527 g/mol. The molecule has 7 nitrogen and oxygen atoms in total. The van der Waals surface area contributed by atoms with E-state index in [0.717, 1.165) is 10.2 Å². The Morgan fingerprint density at radius 1 is 1.15 bits per heavy atom. The van der Waals surface area contributed by atoms with E-state index in [4.69, 9.17) is 15.2 Å². The number of ether oxygens (including phenoxy) is 2. The highest BCUT2D eigenvalue weighted by Crippen LogP contribution is 2.29. The van der Waals surface area contributed by atoms with Gasteiger partial charge < -0.3 is 25.8 Å². The summed E-state index contributed by atoms with van der Waals surface area (Å²) in [6.45, 7) is 0.728. The Bertz CT molecular complexity index is 802. The molecule has 4 N–H and O–H groups in total. The van der Waals surface area contributed by atoms with Gasteiger partial charge in [0.05, 0.1) is 20.8 Å². The van der Waals surface area contributed by atoms with Crippen LogP contribution in [0, 0.1) is 0 Å². The smallest absolute Gasteiger partial charge is 0.251 e. The van der Waals surface area contributed by atoms with Crippen LogP contribution in [0.1, 0.15) is 10.4 Å². The molecule has 0 saturated heterocycles. The molecule has 0 unspecified atom stereocenters. The minimum Gasteiger partial charge on any atom is -0.493 e. The lowest BCUT2D eigenvalue weighted by Crippen LogP contribution is -2.28. The third kappa shape index (κ3) is 7.25. The Balaban J connectivity index is 0.00000364. The Morgan fingerprint density at radius 2 is 1.89 bits per heavy atom. The van der Waals surface area contributed by atoms with Crippen LogP contribution in [0.3, 0.4) is 0 Å². The van der Waals surface area contributed by atoms with E-state index < -0.39 is 0 Å². The number of anilines is 1. The van der Waals surface area contributed by atoms with Crippen molar-refractivity contribution in [2.24, 2.45) is 10.7 Å². The highest BCUT2D eigenvalue weighted by molar-refractivity contribution is 14.0. The number of hydrogen-bond acceptors (Lipinski definition) is 4. The van der Waals surface area contributed by atoms with Crippen molar-refractivity contribution in [1.82, 2.24) is 5.32 Å². The first-order chi connectivity index (χ1) is 12.5. The molecule has 0 aliphatic rings. The predicted molar refractivity (Wildman–Crippen MR) is 122 cm³/mol. The fraction of sp³-hybridized carbons (Fsp3) is 0.222. The number of aliphatic imine (C=N–C) groups is 1. The number of benzene rings is 2. The Hall–Kier alpha value is -2.01. The van der Waals surface area contributed by atoms with Crippen molar-refractivity contribution >= 4 is 57.5 Å². The lowest BCUT2D eigenvalue weighted by molar-refractivity contribution is 0.0954. The van der Waals surface area contributed by atoms with Gasteiger partial charge in [-0.25, -0.2) is 0 Å². The number of guanidine groups is 1. The van der Waals surface area contributed by atoms with Crippen LogP contribution in [0.2, 0.25) is 0 Å². The number of nitrogens with one attached hydrogen (secondary N) is 2. The summed E-state index contributed by atoms with van der Waals surface area (Å²) < 4.78 is 11.3. The minimum atomic E-state index is -0.159. The molecule has 0 aliphatic carbocycles. The van der Waals surface area contributed by atoms with Crippen LogP contribution in [0.15, 0.2) is 51.9 Å². The van der Waals surface area contributed by atoms with Crippen molar-refractivity contribution in [3.63, 3.8) is 0 Å². The summed E-state index contributed by atoms with van der Waals surface area (Å²) in [6.07, 6.45) is 0. The molecule has 146 valence electrons. The monoisotopic (exact) mass is 548 g/mol. The topological polar surface area (TPSA) is 98.0 Å². The largest absolute Gasteiger partial charge is 0.493 e. The molecule has 2 rings (SSSR count). The zero-order chi connectivity index (χ0) is 18.9. The van der Waals surface area contributed by atoms with E-state index >= 15 is 0 Å². The normalized spacial score (nSPS) is 10.6. The SMILES string of the molecule is COc1ccc(NC(N)=NCCNC(=O)c2cccc(Br)c2)cc1OC.I. The van der Waals surface area contributed by atoms with Crippen LogP contribution < -0.4 is 25.8 Å². The first-order valence-electron chi connectivity index (χ1n) is 7.86. The number of rotatable bonds is 7. The molecule has 9 heteroatoms. The zero-order valence-corrected chi connectivity index (χ0v) is 18.9. The van der Waals surface area contributed by atoms with Gasteiger partial charge in [-0.1, -0.05) is 22.0 Å². The van der Waals surface area contributed by atoms with Gasteiger partial charge in [-0.2, -0.15) is 0 Å². The second-order valence-corrected chi connectivity index (χ2v) is 6.14. The molecule has 0 saturated carbocycles. The van der Waals surface area contributed by atoms with Gasteiger partial charge in [0.25, 0.3) is 5.91 Å². The summed E-state index contributed by atoms with van der Waals surface area (Å²) in [4.78, 5) is 16.2. The molecule has 2 aromatic carbocycles. The fourth-order valence-corrected chi connectivity index (χ4v) is 2.58. The zero-order valence-electron chi connectivity index (χ0n) is 15.0. The highest BCUT2D eigenvalue weighted by atomic mass is 127. The van der Waals surface area contributed by atoms with Crippen molar-refractivity contribution < 1.29 is 14.3 Å².